The lowest BCUT2D eigenvalue weighted by Gasteiger charge is -2.02. The van der Waals surface area contributed by atoms with E-state index in [1.165, 1.54) is 10.5 Å². The van der Waals surface area contributed by atoms with Crippen molar-refractivity contribution < 1.29 is 0 Å². The third-order valence-electron chi connectivity index (χ3n) is 1.83. The molecule has 0 saturated carbocycles. The summed E-state index contributed by atoms with van der Waals surface area (Å²) in [6.45, 7) is 8.65. The molecule has 0 heterocycles. The Hall–Kier alpha value is -0.430. The van der Waals surface area contributed by atoms with Crippen LogP contribution in [0.25, 0.3) is 0 Å². The maximum absolute atomic E-state index is 2.30. The molecule has 14 heavy (non-hydrogen) atoms. The molecule has 0 radical (unpaired) electrons. The summed E-state index contributed by atoms with van der Waals surface area (Å²) in [6, 6.07) is 0. The first-order chi connectivity index (χ1) is 6.78. The fourth-order valence-electron chi connectivity index (χ4n) is 1.19. The maximum Gasteiger partial charge on any atom is 0.00345 e. The van der Waals surface area contributed by atoms with Crippen LogP contribution in [-0.4, -0.2) is 5.75 Å². The van der Waals surface area contributed by atoms with Gasteiger partial charge >= 0.3 is 0 Å². The summed E-state index contributed by atoms with van der Waals surface area (Å²) in [5.41, 5.74) is 1.41. The normalized spacial score (nSPS) is 14.0. The number of hydrogen-bond acceptors (Lipinski definition) is 1. The van der Waals surface area contributed by atoms with Crippen LogP contribution in [0.2, 0.25) is 0 Å². The lowest BCUT2D eigenvalue weighted by Crippen LogP contribution is -1.79. The van der Waals surface area contributed by atoms with Gasteiger partial charge < -0.3 is 0 Å². The van der Waals surface area contributed by atoms with E-state index in [0.717, 1.165) is 18.6 Å². The van der Waals surface area contributed by atoms with Crippen LogP contribution in [0.5, 0.6) is 0 Å². The molecule has 0 aliphatic heterocycles. The quantitative estimate of drug-likeness (QED) is 0.559. The summed E-state index contributed by atoms with van der Waals surface area (Å²) in [4.78, 5) is 1.41. The van der Waals surface area contributed by atoms with E-state index in [9.17, 15) is 0 Å². The van der Waals surface area contributed by atoms with Crippen LogP contribution in [0.4, 0.5) is 0 Å². The molecule has 80 valence electrons. The van der Waals surface area contributed by atoms with E-state index < -0.39 is 0 Å². The summed E-state index contributed by atoms with van der Waals surface area (Å²) < 4.78 is 0. The van der Waals surface area contributed by atoms with Crippen molar-refractivity contribution in [3.05, 3.63) is 34.8 Å². The van der Waals surface area contributed by atoms with Gasteiger partial charge in [-0.25, -0.2) is 0 Å². The summed E-state index contributed by atoms with van der Waals surface area (Å²) >= 11 is 1.92. The molecule has 1 heteroatoms. The molecule has 0 atom stereocenters. The zero-order valence-corrected chi connectivity index (χ0v) is 10.7. The summed E-state index contributed by atoms with van der Waals surface area (Å²) in [5, 5.41) is 0. The van der Waals surface area contributed by atoms with Crippen LogP contribution in [0.3, 0.4) is 0 Å². The molecule has 0 rings (SSSR count). The monoisotopic (exact) mass is 210 g/mol. The van der Waals surface area contributed by atoms with E-state index in [2.05, 4.69) is 52.0 Å². The van der Waals surface area contributed by atoms with Gasteiger partial charge in [-0.15, -0.1) is 11.8 Å². The molecule has 0 nitrogen and oxygen atoms in total. The summed E-state index contributed by atoms with van der Waals surface area (Å²) in [7, 11) is 0. The molecule has 0 bridgehead atoms. The standard InChI is InChI=1S/C13H22S/c1-5-9-12(7-3)11-13(10-6-2)14-8-4/h5,9-11H,6-8H2,1-4H3/b9-5-,12-11-,13-10-. The van der Waals surface area contributed by atoms with Gasteiger partial charge in [0.1, 0.15) is 0 Å². The number of hydrogen-bond donors (Lipinski definition) is 0. The highest BCUT2D eigenvalue weighted by Gasteiger charge is 1.94. The van der Waals surface area contributed by atoms with Gasteiger partial charge in [-0.05, 0) is 37.2 Å². The first kappa shape index (κ1) is 13.6. The van der Waals surface area contributed by atoms with Crippen molar-refractivity contribution in [1.29, 1.82) is 0 Å². The Kier molecular flexibility index (Phi) is 8.86. The van der Waals surface area contributed by atoms with Crippen LogP contribution in [0, 0.1) is 0 Å². The van der Waals surface area contributed by atoms with Gasteiger partial charge in [0.15, 0.2) is 0 Å². The number of thioether (sulfide) groups is 1. The molecule has 0 aromatic carbocycles. The largest absolute Gasteiger partial charge is 0.127 e. The Labute approximate surface area is 93.2 Å². The average Bonchev–Trinajstić information content (AvgIpc) is 2.18. The van der Waals surface area contributed by atoms with Gasteiger partial charge in [0.2, 0.25) is 0 Å². The Morgan fingerprint density at radius 2 is 1.93 bits per heavy atom. The maximum atomic E-state index is 2.30. The fraction of sp³-hybridized carbons (Fsp3) is 0.538. The van der Waals surface area contributed by atoms with Crippen molar-refractivity contribution in [2.24, 2.45) is 0 Å². The third kappa shape index (κ3) is 6.09. The highest BCUT2D eigenvalue weighted by molar-refractivity contribution is 8.03. The first-order valence-corrected chi connectivity index (χ1v) is 6.43. The smallest absolute Gasteiger partial charge is 0.00345 e. The minimum absolute atomic E-state index is 1.11. The first-order valence-electron chi connectivity index (χ1n) is 5.44. The molecular formula is C13H22S. The van der Waals surface area contributed by atoms with Crippen LogP contribution in [0.1, 0.15) is 40.5 Å². The summed E-state index contributed by atoms with van der Waals surface area (Å²) in [5.74, 6) is 1.15. The Morgan fingerprint density at radius 3 is 2.36 bits per heavy atom. The molecule has 0 aliphatic rings. The van der Waals surface area contributed by atoms with E-state index in [1.807, 2.05) is 11.8 Å². The average molecular weight is 210 g/mol. The Bertz CT molecular complexity index is 221. The molecule has 0 N–H and O–H groups in total. The van der Waals surface area contributed by atoms with E-state index in [-0.39, 0.29) is 0 Å². The van der Waals surface area contributed by atoms with Gasteiger partial charge in [-0.2, -0.15) is 0 Å². The molecule has 0 unspecified atom stereocenters. The van der Waals surface area contributed by atoms with Gasteiger partial charge in [0.25, 0.3) is 0 Å². The third-order valence-corrected chi connectivity index (χ3v) is 2.74. The van der Waals surface area contributed by atoms with Gasteiger partial charge in [-0.3, -0.25) is 0 Å². The predicted molar refractivity (Wildman–Crippen MR) is 69.7 cm³/mol. The molecule has 0 amide bonds. The van der Waals surface area contributed by atoms with Crippen molar-refractivity contribution in [3.63, 3.8) is 0 Å². The fourth-order valence-corrected chi connectivity index (χ4v) is 2.04. The van der Waals surface area contributed by atoms with Crippen molar-refractivity contribution >= 4 is 11.8 Å². The molecular weight excluding hydrogens is 188 g/mol. The molecule has 0 aromatic rings. The van der Waals surface area contributed by atoms with E-state index in [1.54, 1.807) is 0 Å². The van der Waals surface area contributed by atoms with Crippen LogP contribution in [-0.2, 0) is 0 Å². The zero-order valence-electron chi connectivity index (χ0n) is 9.84. The van der Waals surface area contributed by atoms with E-state index in [4.69, 9.17) is 0 Å². The Morgan fingerprint density at radius 1 is 1.21 bits per heavy atom. The molecule has 0 aliphatic carbocycles. The van der Waals surface area contributed by atoms with Crippen LogP contribution >= 0.6 is 11.8 Å². The van der Waals surface area contributed by atoms with Crippen molar-refractivity contribution in [3.8, 4) is 0 Å². The molecule has 0 saturated heterocycles. The lowest BCUT2D eigenvalue weighted by molar-refractivity contribution is 1.14. The van der Waals surface area contributed by atoms with Crippen molar-refractivity contribution in [1.82, 2.24) is 0 Å². The lowest BCUT2D eigenvalue weighted by atomic mass is 10.1. The van der Waals surface area contributed by atoms with Gasteiger partial charge in [-0.1, -0.05) is 39.0 Å². The van der Waals surface area contributed by atoms with E-state index in [0.29, 0.717) is 0 Å². The van der Waals surface area contributed by atoms with Gasteiger partial charge in [0, 0.05) is 4.91 Å². The highest BCUT2D eigenvalue weighted by atomic mass is 32.2. The van der Waals surface area contributed by atoms with Gasteiger partial charge in [0.05, 0.1) is 0 Å². The molecule has 0 fully saturated rings. The minimum Gasteiger partial charge on any atom is -0.127 e. The predicted octanol–water partition coefficient (Wildman–Crippen LogP) is 4.95. The molecule has 0 spiro atoms. The second-order valence-electron chi connectivity index (χ2n) is 3.02. The second kappa shape index (κ2) is 9.14. The van der Waals surface area contributed by atoms with Crippen molar-refractivity contribution in [2.75, 3.05) is 5.75 Å². The SMILES string of the molecule is C\C=C/C(=C\C(=C\CC)SCC)CC. The van der Waals surface area contributed by atoms with E-state index >= 15 is 0 Å². The topological polar surface area (TPSA) is 0 Å². The van der Waals surface area contributed by atoms with Crippen LogP contribution in [0.15, 0.2) is 34.8 Å². The zero-order chi connectivity index (χ0) is 10.8. The number of rotatable bonds is 6. The minimum atomic E-state index is 1.11. The molecule has 0 aromatic heterocycles. The highest BCUT2D eigenvalue weighted by Crippen LogP contribution is 2.20. The summed E-state index contributed by atoms with van der Waals surface area (Å²) in [6.07, 6.45) is 11.1. The Balaban J connectivity index is 4.58. The number of allylic oxidation sites excluding steroid dienone is 5. The van der Waals surface area contributed by atoms with Crippen LogP contribution < -0.4 is 0 Å². The second-order valence-corrected chi connectivity index (χ2v) is 4.36. The van der Waals surface area contributed by atoms with Crippen molar-refractivity contribution in [2.45, 2.75) is 40.5 Å².